The van der Waals surface area contributed by atoms with Crippen LogP contribution in [0.1, 0.15) is 0 Å². The van der Waals surface area contributed by atoms with Gasteiger partial charge in [-0.15, -0.1) is 5.10 Å². The van der Waals surface area contributed by atoms with Gasteiger partial charge in [0.2, 0.25) is 5.95 Å². The van der Waals surface area contributed by atoms with E-state index in [4.69, 9.17) is 0 Å². The molecule has 0 amide bonds. The van der Waals surface area contributed by atoms with Crippen molar-refractivity contribution >= 4 is 5.95 Å². The molecule has 0 aliphatic heterocycles. The molecule has 2 N–H and O–H groups in total. The predicted octanol–water partition coefficient (Wildman–Crippen LogP) is 0.602. The van der Waals surface area contributed by atoms with Crippen molar-refractivity contribution in [1.82, 2.24) is 14.8 Å². The summed E-state index contributed by atoms with van der Waals surface area (Å²) in [6.07, 6.45) is 0. The summed E-state index contributed by atoms with van der Waals surface area (Å²) < 4.78 is 1.31. The highest BCUT2D eigenvalue weighted by Gasteiger charge is 2.03. The summed E-state index contributed by atoms with van der Waals surface area (Å²) in [5.41, 5.74) is 0.496. The monoisotopic (exact) mass is 190 g/mol. The lowest BCUT2D eigenvalue weighted by atomic mass is 10.3. The first-order chi connectivity index (χ1) is 6.81. The number of nitrogens with zero attached hydrogens (tertiary/aromatic N) is 2. The van der Waals surface area contributed by atoms with E-state index in [2.05, 4.69) is 15.4 Å². The topological polar surface area (TPSA) is 62.7 Å². The van der Waals surface area contributed by atoms with E-state index < -0.39 is 0 Å². The Morgan fingerprint density at radius 2 is 2.07 bits per heavy atom. The van der Waals surface area contributed by atoms with Crippen LogP contribution in [-0.2, 0) is 0 Å². The fraction of sp³-hybridized carbons (Fsp3) is 0.111. The summed E-state index contributed by atoms with van der Waals surface area (Å²) in [6, 6.07) is 9.24. The van der Waals surface area contributed by atoms with Crippen LogP contribution >= 0.6 is 0 Å². The zero-order chi connectivity index (χ0) is 9.97. The summed E-state index contributed by atoms with van der Waals surface area (Å²) in [5.74, 6) is 0.457. The van der Waals surface area contributed by atoms with Gasteiger partial charge in [0.25, 0.3) is 0 Å². The zero-order valence-electron chi connectivity index (χ0n) is 7.69. The fourth-order valence-electron chi connectivity index (χ4n) is 1.18. The molecule has 1 heterocycles. The highest BCUT2D eigenvalue weighted by atomic mass is 16.2. The summed E-state index contributed by atoms with van der Waals surface area (Å²) in [5, 5.41) is 6.81. The Balaban J connectivity index is 2.52. The van der Waals surface area contributed by atoms with Crippen LogP contribution in [0.25, 0.3) is 5.69 Å². The Hall–Kier alpha value is -2.04. The van der Waals surface area contributed by atoms with Crippen molar-refractivity contribution in [2.75, 3.05) is 12.4 Å². The van der Waals surface area contributed by atoms with Gasteiger partial charge in [0.05, 0.1) is 5.69 Å². The van der Waals surface area contributed by atoms with Gasteiger partial charge in [-0.1, -0.05) is 18.2 Å². The highest BCUT2D eigenvalue weighted by Crippen LogP contribution is 2.02. The quantitative estimate of drug-likeness (QED) is 0.729. The third-order valence-corrected chi connectivity index (χ3v) is 1.86. The van der Waals surface area contributed by atoms with Crippen LogP contribution < -0.4 is 11.0 Å². The standard InChI is InChI=1S/C9H10N4O/c1-10-8-11-9(14)13(12-8)7-5-3-2-4-6-7/h2-6H,1H3,(H2,10,11,12,14). The number of aromatic amines is 1. The number of nitrogens with one attached hydrogen (secondary N) is 2. The molecule has 72 valence electrons. The van der Waals surface area contributed by atoms with E-state index in [1.54, 1.807) is 7.05 Å². The lowest BCUT2D eigenvalue weighted by molar-refractivity contribution is 0.844. The van der Waals surface area contributed by atoms with Gasteiger partial charge in [-0.05, 0) is 12.1 Å². The molecule has 0 fully saturated rings. The van der Waals surface area contributed by atoms with Crippen LogP contribution in [0.2, 0.25) is 0 Å². The van der Waals surface area contributed by atoms with Crippen LogP contribution in [0.4, 0.5) is 5.95 Å². The van der Waals surface area contributed by atoms with Crippen molar-refractivity contribution in [3.63, 3.8) is 0 Å². The van der Waals surface area contributed by atoms with E-state index in [-0.39, 0.29) is 5.69 Å². The molecule has 0 bridgehead atoms. The van der Waals surface area contributed by atoms with Crippen molar-refractivity contribution in [2.24, 2.45) is 0 Å². The molecule has 1 aromatic carbocycles. The second-order valence-corrected chi connectivity index (χ2v) is 2.78. The van der Waals surface area contributed by atoms with Gasteiger partial charge in [-0.25, -0.2) is 4.79 Å². The Bertz CT molecular complexity index is 471. The molecule has 0 aliphatic carbocycles. The van der Waals surface area contributed by atoms with Gasteiger partial charge < -0.3 is 5.32 Å². The van der Waals surface area contributed by atoms with E-state index >= 15 is 0 Å². The van der Waals surface area contributed by atoms with Crippen molar-refractivity contribution < 1.29 is 0 Å². The van der Waals surface area contributed by atoms with Crippen LogP contribution in [0, 0.1) is 0 Å². The van der Waals surface area contributed by atoms with Crippen molar-refractivity contribution in [1.29, 1.82) is 0 Å². The smallest absolute Gasteiger partial charge is 0.349 e. The summed E-state index contributed by atoms with van der Waals surface area (Å²) in [7, 11) is 1.70. The molecule has 14 heavy (non-hydrogen) atoms. The van der Waals surface area contributed by atoms with Crippen LogP contribution in [0.5, 0.6) is 0 Å². The molecule has 5 nitrogen and oxygen atoms in total. The molecule has 5 heteroatoms. The number of benzene rings is 1. The SMILES string of the molecule is CNc1nn(-c2ccccc2)c(=O)[nH]1. The molecule has 2 aromatic rings. The molecule has 0 atom stereocenters. The van der Waals surface area contributed by atoms with E-state index in [0.717, 1.165) is 5.69 Å². The number of H-pyrrole nitrogens is 1. The molecule has 0 aliphatic rings. The maximum absolute atomic E-state index is 11.4. The van der Waals surface area contributed by atoms with Crippen LogP contribution in [-0.4, -0.2) is 21.8 Å². The first kappa shape index (κ1) is 8.55. The molecular formula is C9H10N4O. The molecule has 2 rings (SSSR count). The zero-order valence-corrected chi connectivity index (χ0v) is 7.69. The molecule has 0 radical (unpaired) electrons. The highest BCUT2D eigenvalue weighted by molar-refractivity contribution is 5.31. The lowest BCUT2D eigenvalue weighted by Crippen LogP contribution is -2.15. The predicted molar refractivity (Wildman–Crippen MR) is 53.7 cm³/mol. The molecule has 0 spiro atoms. The van der Waals surface area contributed by atoms with Gasteiger partial charge in [0, 0.05) is 7.05 Å². The van der Waals surface area contributed by atoms with E-state index in [9.17, 15) is 4.79 Å². The van der Waals surface area contributed by atoms with E-state index in [1.165, 1.54) is 4.68 Å². The van der Waals surface area contributed by atoms with E-state index in [1.807, 2.05) is 30.3 Å². The number of hydrogen-bond donors (Lipinski definition) is 2. The number of aromatic nitrogens is 3. The van der Waals surface area contributed by atoms with Crippen molar-refractivity contribution in [3.8, 4) is 5.69 Å². The molecular weight excluding hydrogens is 180 g/mol. The van der Waals surface area contributed by atoms with Gasteiger partial charge in [-0.2, -0.15) is 4.68 Å². The van der Waals surface area contributed by atoms with Crippen LogP contribution in [0.3, 0.4) is 0 Å². The maximum atomic E-state index is 11.4. The van der Waals surface area contributed by atoms with Gasteiger partial charge in [-0.3, -0.25) is 4.98 Å². The Morgan fingerprint density at radius 3 is 2.64 bits per heavy atom. The first-order valence-corrected chi connectivity index (χ1v) is 4.24. The Kier molecular flexibility index (Phi) is 2.06. The Morgan fingerprint density at radius 1 is 1.36 bits per heavy atom. The summed E-state index contributed by atoms with van der Waals surface area (Å²) >= 11 is 0. The minimum absolute atomic E-state index is 0.249. The Labute approximate surface area is 80.4 Å². The summed E-state index contributed by atoms with van der Waals surface area (Å²) in [4.78, 5) is 14.0. The molecule has 0 saturated carbocycles. The van der Waals surface area contributed by atoms with Crippen LogP contribution in [0.15, 0.2) is 35.1 Å². The number of rotatable bonds is 2. The number of hydrogen-bond acceptors (Lipinski definition) is 3. The average molecular weight is 190 g/mol. The largest absolute Gasteiger partial charge is 0.358 e. The fourth-order valence-corrected chi connectivity index (χ4v) is 1.18. The second kappa shape index (κ2) is 3.37. The van der Waals surface area contributed by atoms with Gasteiger partial charge in [0.15, 0.2) is 0 Å². The van der Waals surface area contributed by atoms with Gasteiger partial charge in [0.1, 0.15) is 0 Å². The third kappa shape index (κ3) is 1.39. The first-order valence-electron chi connectivity index (χ1n) is 4.24. The maximum Gasteiger partial charge on any atom is 0.349 e. The number of anilines is 1. The van der Waals surface area contributed by atoms with Crippen molar-refractivity contribution in [2.45, 2.75) is 0 Å². The van der Waals surface area contributed by atoms with Crippen molar-refractivity contribution in [3.05, 3.63) is 40.8 Å². The normalized spacial score (nSPS) is 10.1. The van der Waals surface area contributed by atoms with Gasteiger partial charge >= 0.3 is 5.69 Å². The minimum atomic E-state index is -0.249. The second-order valence-electron chi connectivity index (χ2n) is 2.78. The molecule has 0 unspecified atom stereocenters. The third-order valence-electron chi connectivity index (χ3n) is 1.86. The van der Waals surface area contributed by atoms with E-state index in [0.29, 0.717) is 5.95 Å². The summed E-state index contributed by atoms with van der Waals surface area (Å²) in [6.45, 7) is 0. The molecule has 1 aromatic heterocycles. The lowest BCUT2D eigenvalue weighted by Gasteiger charge is -1.96. The average Bonchev–Trinajstić information content (AvgIpc) is 2.61. The minimum Gasteiger partial charge on any atom is -0.358 e. The number of para-hydroxylation sites is 1. The molecule has 0 saturated heterocycles.